The van der Waals surface area contributed by atoms with E-state index in [1.807, 2.05) is 24.3 Å². The third-order valence-electron chi connectivity index (χ3n) is 1.61. The predicted molar refractivity (Wildman–Crippen MR) is 47.5 cm³/mol. The molecule has 0 bridgehead atoms. The summed E-state index contributed by atoms with van der Waals surface area (Å²) < 4.78 is 4.75. The molecule has 1 aliphatic rings. The van der Waals surface area contributed by atoms with Gasteiger partial charge in [0, 0.05) is 5.56 Å². The Morgan fingerprint density at radius 2 is 2.08 bits per heavy atom. The Kier molecular flexibility index (Phi) is 2.55. The van der Waals surface area contributed by atoms with Gasteiger partial charge in [0.1, 0.15) is 6.61 Å². The number of ether oxygens (including phenoxy) is 1. The maximum Gasteiger partial charge on any atom is 0.411 e. The van der Waals surface area contributed by atoms with Crippen molar-refractivity contribution < 1.29 is 9.53 Å². The van der Waals surface area contributed by atoms with Gasteiger partial charge in [0.05, 0.1) is 5.69 Å². The van der Waals surface area contributed by atoms with Crippen LogP contribution >= 0.6 is 12.4 Å². The summed E-state index contributed by atoms with van der Waals surface area (Å²) in [7, 11) is 0. The maximum absolute atomic E-state index is 10.7. The number of para-hydroxylation sites is 1. The van der Waals surface area contributed by atoms with Crippen molar-refractivity contribution in [1.29, 1.82) is 0 Å². The van der Waals surface area contributed by atoms with Crippen LogP contribution in [0.2, 0.25) is 0 Å². The fraction of sp³-hybridized carbons (Fsp3) is 0.125. The third-order valence-corrected chi connectivity index (χ3v) is 1.61. The number of fused-ring (bicyclic) bond motifs is 1. The van der Waals surface area contributed by atoms with Gasteiger partial charge < -0.3 is 4.74 Å². The molecule has 1 aliphatic heterocycles. The Labute approximate surface area is 76.1 Å². The standard InChI is InChI=1S/C8H7NO2.ClH/c10-8-9-7-4-2-1-3-6(7)5-11-8;/h1-4H,5H2,(H,9,10);1H. The summed E-state index contributed by atoms with van der Waals surface area (Å²) in [5.41, 5.74) is 1.87. The summed E-state index contributed by atoms with van der Waals surface area (Å²) in [5.74, 6) is 0. The number of hydrogen-bond donors (Lipinski definition) is 1. The Balaban J connectivity index is 0.000000720. The highest BCUT2D eigenvalue weighted by atomic mass is 35.5. The zero-order chi connectivity index (χ0) is 7.68. The number of cyclic esters (lactones) is 1. The molecule has 0 aliphatic carbocycles. The molecule has 3 nitrogen and oxygen atoms in total. The lowest BCUT2D eigenvalue weighted by molar-refractivity contribution is 0.151. The maximum atomic E-state index is 10.7. The summed E-state index contributed by atoms with van der Waals surface area (Å²) >= 11 is 0. The Morgan fingerprint density at radius 1 is 1.33 bits per heavy atom. The molecule has 0 saturated carbocycles. The average molecular weight is 186 g/mol. The van der Waals surface area contributed by atoms with E-state index in [-0.39, 0.29) is 18.5 Å². The van der Waals surface area contributed by atoms with Gasteiger partial charge in [-0.05, 0) is 6.07 Å². The molecule has 2 rings (SSSR count). The highest BCUT2D eigenvalue weighted by molar-refractivity contribution is 5.87. The van der Waals surface area contributed by atoms with Gasteiger partial charge in [-0.15, -0.1) is 12.4 Å². The van der Waals surface area contributed by atoms with Gasteiger partial charge in [0.15, 0.2) is 0 Å². The summed E-state index contributed by atoms with van der Waals surface area (Å²) in [6.07, 6.45) is -0.372. The van der Waals surface area contributed by atoms with Gasteiger partial charge in [0.25, 0.3) is 0 Å². The minimum Gasteiger partial charge on any atom is -0.444 e. The van der Waals surface area contributed by atoms with Crippen LogP contribution in [0.4, 0.5) is 10.5 Å². The summed E-state index contributed by atoms with van der Waals surface area (Å²) in [6, 6.07) is 7.58. The minimum absolute atomic E-state index is 0. The van der Waals surface area contributed by atoms with E-state index in [1.54, 1.807) is 0 Å². The van der Waals surface area contributed by atoms with Crippen molar-refractivity contribution in [1.82, 2.24) is 0 Å². The lowest BCUT2D eigenvalue weighted by atomic mass is 10.2. The van der Waals surface area contributed by atoms with Crippen molar-refractivity contribution in [2.75, 3.05) is 5.32 Å². The number of benzene rings is 1. The normalized spacial score (nSPS) is 13.5. The van der Waals surface area contributed by atoms with Gasteiger partial charge in [-0.2, -0.15) is 0 Å². The molecule has 0 aromatic heterocycles. The van der Waals surface area contributed by atoms with E-state index in [1.165, 1.54) is 0 Å². The van der Waals surface area contributed by atoms with Crippen molar-refractivity contribution in [2.24, 2.45) is 0 Å². The lowest BCUT2D eigenvalue weighted by Gasteiger charge is -2.16. The smallest absolute Gasteiger partial charge is 0.411 e. The first-order chi connectivity index (χ1) is 5.36. The zero-order valence-corrected chi connectivity index (χ0v) is 7.06. The fourth-order valence-electron chi connectivity index (χ4n) is 1.06. The first-order valence-corrected chi connectivity index (χ1v) is 3.38. The molecule has 0 radical (unpaired) electrons. The van der Waals surface area contributed by atoms with Gasteiger partial charge in [-0.1, -0.05) is 18.2 Å². The number of nitrogens with one attached hydrogen (secondary N) is 1. The van der Waals surface area contributed by atoms with Crippen LogP contribution in [-0.4, -0.2) is 6.09 Å². The molecule has 1 N–H and O–H groups in total. The van der Waals surface area contributed by atoms with E-state index in [2.05, 4.69) is 5.32 Å². The molecular formula is C8H8ClNO2. The Bertz CT molecular complexity index is 301. The van der Waals surface area contributed by atoms with E-state index < -0.39 is 0 Å². The van der Waals surface area contributed by atoms with Crippen molar-refractivity contribution in [3.8, 4) is 0 Å². The summed E-state index contributed by atoms with van der Waals surface area (Å²) in [5, 5.41) is 2.60. The number of halogens is 1. The van der Waals surface area contributed by atoms with E-state index in [9.17, 15) is 4.79 Å². The lowest BCUT2D eigenvalue weighted by Crippen LogP contribution is -2.19. The molecule has 0 spiro atoms. The third kappa shape index (κ3) is 1.51. The molecule has 1 aromatic rings. The number of carbonyl (C=O) groups excluding carboxylic acids is 1. The zero-order valence-electron chi connectivity index (χ0n) is 6.24. The molecule has 0 fully saturated rings. The second-order valence-electron chi connectivity index (χ2n) is 2.36. The molecule has 1 amide bonds. The number of rotatable bonds is 0. The monoisotopic (exact) mass is 185 g/mol. The van der Waals surface area contributed by atoms with Crippen molar-refractivity contribution in [3.63, 3.8) is 0 Å². The summed E-state index contributed by atoms with van der Waals surface area (Å²) in [4.78, 5) is 10.7. The second kappa shape index (κ2) is 3.45. The van der Waals surface area contributed by atoms with E-state index in [0.717, 1.165) is 11.3 Å². The van der Waals surface area contributed by atoms with E-state index in [0.29, 0.717) is 6.61 Å². The van der Waals surface area contributed by atoms with Crippen LogP contribution in [0.15, 0.2) is 24.3 Å². The highest BCUT2D eigenvalue weighted by Crippen LogP contribution is 2.19. The van der Waals surface area contributed by atoms with Crippen LogP contribution in [0.3, 0.4) is 0 Å². The summed E-state index contributed by atoms with van der Waals surface area (Å²) in [6.45, 7) is 0.377. The van der Waals surface area contributed by atoms with Gasteiger partial charge in [-0.3, -0.25) is 5.32 Å². The number of amides is 1. The van der Waals surface area contributed by atoms with E-state index in [4.69, 9.17) is 4.74 Å². The molecule has 1 aromatic carbocycles. The SMILES string of the molecule is Cl.O=C1Nc2ccccc2CO1. The molecule has 4 heteroatoms. The van der Waals surface area contributed by atoms with Crippen LogP contribution in [-0.2, 0) is 11.3 Å². The Morgan fingerprint density at radius 3 is 2.92 bits per heavy atom. The quantitative estimate of drug-likeness (QED) is 0.673. The average Bonchev–Trinajstić information content (AvgIpc) is 2.04. The fourth-order valence-corrected chi connectivity index (χ4v) is 1.06. The Hall–Kier alpha value is -1.22. The molecule has 64 valence electrons. The second-order valence-corrected chi connectivity index (χ2v) is 2.36. The van der Waals surface area contributed by atoms with Crippen LogP contribution in [0, 0.1) is 0 Å². The van der Waals surface area contributed by atoms with Crippen molar-refractivity contribution in [2.45, 2.75) is 6.61 Å². The topological polar surface area (TPSA) is 38.3 Å². The molecular weight excluding hydrogens is 178 g/mol. The predicted octanol–water partition coefficient (Wildman–Crippen LogP) is 2.17. The van der Waals surface area contributed by atoms with E-state index >= 15 is 0 Å². The van der Waals surface area contributed by atoms with Crippen LogP contribution < -0.4 is 5.32 Å². The van der Waals surface area contributed by atoms with Crippen molar-refractivity contribution in [3.05, 3.63) is 29.8 Å². The molecule has 12 heavy (non-hydrogen) atoms. The van der Waals surface area contributed by atoms with Gasteiger partial charge in [-0.25, -0.2) is 4.79 Å². The molecule has 0 saturated heterocycles. The number of hydrogen-bond acceptors (Lipinski definition) is 2. The minimum atomic E-state index is -0.372. The largest absolute Gasteiger partial charge is 0.444 e. The molecule has 1 heterocycles. The van der Waals surface area contributed by atoms with Gasteiger partial charge in [0.2, 0.25) is 0 Å². The number of anilines is 1. The van der Waals surface area contributed by atoms with Gasteiger partial charge >= 0.3 is 6.09 Å². The molecule has 0 atom stereocenters. The number of carbonyl (C=O) groups is 1. The van der Waals surface area contributed by atoms with Crippen LogP contribution in [0.25, 0.3) is 0 Å². The highest BCUT2D eigenvalue weighted by Gasteiger charge is 2.13. The molecule has 0 unspecified atom stereocenters. The first kappa shape index (κ1) is 8.87. The first-order valence-electron chi connectivity index (χ1n) is 3.38. The van der Waals surface area contributed by atoms with Crippen LogP contribution in [0.1, 0.15) is 5.56 Å². The van der Waals surface area contributed by atoms with Crippen molar-refractivity contribution >= 4 is 24.2 Å². The van der Waals surface area contributed by atoms with Crippen LogP contribution in [0.5, 0.6) is 0 Å².